The zero-order chi connectivity index (χ0) is 12.1. The lowest BCUT2D eigenvalue weighted by Crippen LogP contribution is -2.21. The van der Waals surface area contributed by atoms with Gasteiger partial charge in [0.15, 0.2) is 0 Å². The summed E-state index contributed by atoms with van der Waals surface area (Å²) in [5, 5.41) is 0.499. The van der Waals surface area contributed by atoms with Gasteiger partial charge in [-0.3, -0.25) is 0 Å². The van der Waals surface area contributed by atoms with Gasteiger partial charge in [0, 0.05) is 16.4 Å². The average Bonchev–Trinajstić information content (AvgIpc) is 2.19. The van der Waals surface area contributed by atoms with Crippen LogP contribution in [0.2, 0.25) is 5.02 Å². The number of halogens is 3. The van der Waals surface area contributed by atoms with E-state index in [1.54, 1.807) is 6.07 Å². The summed E-state index contributed by atoms with van der Waals surface area (Å²) in [5.74, 6) is -0.287. The van der Waals surface area contributed by atoms with Crippen molar-refractivity contribution in [3.63, 3.8) is 0 Å². The topological polar surface area (TPSA) is 3.24 Å². The van der Waals surface area contributed by atoms with Crippen LogP contribution in [0.3, 0.4) is 0 Å². The van der Waals surface area contributed by atoms with E-state index in [1.807, 2.05) is 7.05 Å². The van der Waals surface area contributed by atoms with Gasteiger partial charge in [-0.1, -0.05) is 40.5 Å². The maximum absolute atomic E-state index is 12.8. The van der Waals surface area contributed by atoms with Crippen molar-refractivity contribution in [2.24, 2.45) is 0 Å². The van der Waals surface area contributed by atoms with Gasteiger partial charge in [-0.25, -0.2) is 4.39 Å². The van der Waals surface area contributed by atoms with Crippen LogP contribution >= 0.6 is 27.5 Å². The van der Waals surface area contributed by atoms with E-state index in [9.17, 15) is 4.39 Å². The molecule has 1 aromatic carbocycles. The number of rotatable bonds is 5. The van der Waals surface area contributed by atoms with Crippen molar-refractivity contribution in [2.75, 3.05) is 13.6 Å². The van der Waals surface area contributed by atoms with Crippen LogP contribution in [0.5, 0.6) is 0 Å². The molecule has 90 valence electrons. The Bertz CT molecular complexity index is 344. The number of hydrogen-bond acceptors (Lipinski definition) is 1. The monoisotopic (exact) mass is 307 g/mol. The smallest absolute Gasteiger partial charge is 0.124 e. The summed E-state index contributed by atoms with van der Waals surface area (Å²) in [6.45, 7) is 3.86. The Morgan fingerprint density at radius 3 is 2.75 bits per heavy atom. The molecule has 1 rings (SSSR count). The van der Waals surface area contributed by atoms with Gasteiger partial charge in [0.1, 0.15) is 5.82 Å². The molecule has 0 radical (unpaired) electrons. The summed E-state index contributed by atoms with van der Waals surface area (Å²) in [4.78, 5) is 2.69. The highest BCUT2D eigenvalue weighted by molar-refractivity contribution is 9.09. The normalized spacial score (nSPS) is 13.1. The molecule has 0 amide bonds. The van der Waals surface area contributed by atoms with E-state index in [-0.39, 0.29) is 5.82 Å². The van der Waals surface area contributed by atoms with Gasteiger partial charge in [0.2, 0.25) is 0 Å². The quantitative estimate of drug-likeness (QED) is 0.741. The number of nitrogens with zero attached hydrogens (tertiary/aromatic N) is 1. The third-order valence-electron chi connectivity index (χ3n) is 2.36. The molecule has 1 aromatic rings. The molecule has 1 atom stereocenters. The molecule has 0 aliphatic rings. The van der Waals surface area contributed by atoms with Crippen LogP contribution in [-0.2, 0) is 6.54 Å². The van der Waals surface area contributed by atoms with Gasteiger partial charge in [-0.15, -0.1) is 0 Å². The second-order valence-electron chi connectivity index (χ2n) is 4.04. The van der Waals surface area contributed by atoms with E-state index in [4.69, 9.17) is 11.6 Å². The van der Waals surface area contributed by atoms with Crippen molar-refractivity contribution in [2.45, 2.75) is 24.7 Å². The molecule has 0 aromatic heterocycles. The molecule has 0 heterocycles. The Morgan fingerprint density at radius 2 is 2.19 bits per heavy atom. The zero-order valence-corrected chi connectivity index (χ0v) is 11.9. The fourth-order valence-corrected chi connectivity index (χ4v) is 1.85. The zero-order valence-electron chi connectivity index (χ0n) is 9.51. The Hall–Kier alpha value is -0.120. The van der Waals surface area contributed by atoms with Gasteiger partial charge in [-0.05, 0) is 37.7 Å². The second-order valence-corrected chi connectivity index (χ2v) is 6.01. The largest absolute Gasteiger partial charge is 0.302 e. The first-order valence-electron chi connectivity index (χ1n) is 5.25. The molecule has 0 fully saturated rings. The lowest BCUT2D eigenvalue weighted by atomic mass is 10.2. The summed E-state index contributed by atoms with van der Waals surface area (Å²) in [7, 11) is 2.04. The highest BCUT2D eigenvalue weighted by atomic mass is 79.9. The standard InChI is InChI=1S/C12H16BrClFN/c1-9(13)5-6-16(2)8-10-3-4-11(15)7-12(10)14/h3-4,7,9H,5-6,8H2,1-2H3. The van der Waals surface area contributed by atoms with Gasteiger partial charge < -0.3 is 4.90 Å². The molecule has 1 nitrogen and oxygen atoms in total. The second kappa shape index (κ2) is 6.58. The molecule has 0 aliphatic carbocycles. The Balaban J connectivity index is 2.52. The van der Waals surface area contributed by atoms with Gasteiger partial charge in [0.25, 0.3) is 0 Å². The van der Waals surface area contributed by atoms with Crippen molar-refractivity contribution in [3.05, 3.63) is 34.6 Å². The average molecular weight is 309 g/mol. The lowest BCUT2D eigenvalue weighted by Gasteiger charge is -2.18. The minimum atomic E-state index is -0.287. The van der Waals surface area contributed by atoms with Crippen LogP contribution in [0, 0.1) is 5.82 Å². The van der Waals surface area contributed by atoms with Crippen LogP contribution in [0.1, 0.15) is 18.9 Å². The molecule has 0 saturated heterocycles. The highest BCUT2D eigenvalue weighted by Gasteiger charge is 2.06. The predicted molar refractivity (Wildman–Crippen MR) is 70.8 cm³/mol. The van der Waals surface area contributed by atoms with Crippen LogP contribution in [0.4, 0.5) is 4.39 Å². The molecular weight excluding hydrogens is 292 g/mol. The van der Waals surface area contributed by atoms with Crippen LogP contribution in [0.15, 0.2) is 18.2 Å². The van der Waals surface area contributed by atoms with E-state index in [0.717, 1.165) is 25.1 Å². The fourth-order valence-electron chi connectivity index (χ4n) is 1.42. The maximum Gasteiger partial charge on any atom is 0.124 e. The first-order valence-corrected chi connectivity index (χ1v) is 6.55. The van der Waals surface area contributed by atoms with E-state index < -0.39 is 0 Å². The van der Waals surface area contributed by atoms with E-state index >= 15 is 0 Å². The SMILES string of the molecule is CC(Br)CCN(C)Cc1ccc(F)cc1Cl. The first-order chi connectivity index (χ1) is 7.49. The summed E-state index contributed by atoms with van der Waals surface area (Å²) < 4.78 is 12.8. The number of benzene rings is 1. The number of hydrogen-bond donors (Lipinski definition) is 0. The van der Waals surface area contributed by atoms with E-state index in [2.05, 4.69) is 27.8 Å². The third-order valence-corrected chi connectivity index (χ3v) is 3.17. The number of alkyl halides is 1. The molecule has 0 aliphatic heterocycles. The molecule has 0 saturated carbocycles. The summed E-state index contributed by atoms with van der Waals surface area (Å²) in [5.41, 5.74) is 0.966. The minimum absolute atomic E-state index is 0.287. The lowest BCUT2D eigenvalue weighted by molar-refractivity contribution is 0.323. The van der Waals surface area contributed by atoms with Gasteiger partial charge in [-0.2, -0.15) is 0 Å². The summed E-state index contributed by atoms with van der Waals surface area (Å²) in [6.07, 6.45) is 1.08. The molecular formula is C12H16BrClFN. The van der Waals surface area contributed by atoms with Crippen molar-refractivity contribution in [1.82, 2.24) is 4.90 Å². The van der Waals surface area contributed by atoms with E-state index in [0.29, 0.717) is 9.85 Å². The van der Waals surface area contributed by atoms with Crippen molar-refractivity contribution >= 4 is 27.5 Å². The van der Waals surface area contributed by atoms with E-state index in [1.165, 1.54) is 12.1 Å². The Labute approximate surface area is 110 Å². The van der Waals surface area contributed by atoms with Crippen molar-refractivity contribution in [3.8, 4) is 0 Å². The molecule has 4 heteroatoms. The molecule has 0 bridgehead atoms. The molecule has 1 unspecified atom stereocenters. The minimum Gasteiger partial charge on any atom is -0.302 e. The molecule has 0 spiro atoms. The Morgan fingerprint density at radius 1 is 1.50 bits per heavy atom. The van der Waals surface area contributed by atoms with Gasteiger partial charge >= 0.3 is 0 Å². The van der Waals surface area contributed by atoms with Crippen molar-refractivity contribution < 1.29 is 4.39 Å². The van der Waals surface area contributed by atoms with Gasteiger partial charge in [0.05, 0.1) is 0 Å². The van der Waals surface area contributed by atoms with Crippen LogP contribution in [0.25, 0.3) is 0 Å². The molecule has 0 N–H and O–H groups in total. The predicted octanol–water partition coefficient (Wildman–Crippen LogP) is 4.08. The van der Waals surface area contributed by atoms with Crippen molar-refractivity contribution in [1.29, 1.82) is 0 Å². The van der Waals surface area contributed by atoms with Crippen LogP contribution < -0.4 is 0 Å². The molecule has 16 heavy (non-hydrogen) atoms. The Kier molecular flexibility index (Phi) is 5.73. The third kappa shape index (κ3) is 4.81. The fraction of sp³-hybridized carbons (Fsp3) is 0.500. The summed E-state index contributed by atoms with van der Waals surface area (Å²) in [6, 6.07) is 4.55. The highest BCUT2D eigenvalue weighted by Crippen LogP contribution is 2.18. The maximum atomic E-state index is 12.8. The van der Waals surface area contributed by atoms with Crippen LogP contribution in [-0.4, -0.2) is 23.3 Å². The first kappa shape index (κ1) is 13.9. The summed E-state index contributed by atoms with van der Waals surface area (Å²) >= 11 is 9.47.